The van der Waals surface area contributed by atoms with Gasteiger partial charge in [-0.2, -0.15) is 0 Å². The Hall–Kier alpha value is -0.123. The molecule has 0 saturated heterocycles. The van der Waals surface area contributed by atoms with Crippen LogP contribution in [0.5, 0.6) is 0 Å². The molecule has 0 aliphatic heterocycles. The lowest BCUT2D eigenvalue weighted by molar-refractivity contribution is 0.580. The highest BCUT2D eigenvalue weighted by Gasteiger charge is 1.98. The van der Waals surface area contributed by atoms with Crippen LogP contribution in [0.1, 0.15) is 0 Å². The average molecular weight is 130 g/mol. The fraction of sp³-hybridized carbons (Fsp3) is 0.600. The van der Waals surface area contributed by atoms with Gasteiger partial charge in [0, 0.05) is 10.2 Å². The Labute approximate surface area is 53.8 Å². The first-order valence-corrected chi connectivity index (χ1v) is 3.72. The van der Waals surface area contributed by atoms with Crippen molar-refractivity contribution in [2.75, 3.05) is 14.1 Å². The Morgan fingerprint density at radius 1 is 1.50 bits per heavy atom. The van der Waals surface area contributed by atoms with Crippen molar-refractivity contribution in [2.24, 2.45) is 0 Å². The summed E-state index contributed by atoms with van der Waals surface area (Å²) >= 11 is 0. The van der Waals surface area contributed by atoms with E-state index in [2.05, 4.69) is 17.2 Å². The highest BCUT2D eigenvalue weighted by molar-refractivity contribution is 6.21. The summed E-state index contributed by atoms with van der Waals surface area (Å²) in [5.41, 5.74) is 0. The zero-order chi connectivity index (χ0) is 6.57. The van der Waals surface area contributed by atoms with E-state index in [0.717, 1.165) is 10.2 Å². The van der Waals surface area contributed by atoms with Gasteiger partial charge in [-0.3, -0.25) is 0 Å². The first-order valence-electron chi connectivity index (χ1n) is 2.72. The molecule has 0 rings (SSSR count). The summed E-state index contributed by atoms with van der Waals surface area (Å²) in [6.45, 7) is 3.83. The van der Waals surface area contributed by atoms with Crippen molar-refractivity contribution in [3.05, 3.63) is 11.8 Å². The molecule has 0 aromatic heterocycles. The van der Waals surface area contributed by atoms with Crippen LogP contribution in [-0.4, -0.2) is 30.5 Å². The molecule has 48 valence electrons. The molecular formula is C5H14N2Si. The van der Waals surface area contributed by atoms with Crippen molar-refractivity contribution >= 4 is 10.2 Å². The van der Waals surface area contributed by atoms with Crippen LogP contribution in [0.3, 0.4) is 0 Å². The van der Waals surface area contributed by atoms with Crippen LogP contribution in [-0.2, 0) is 0 Å². The monoisotopic (exact) mass is 130 g/mol. The summed E-state index contributed by atoms with van der Waals surface area (Å²) in [4.78, 5) is 0. The van der Waals surface area contributed by atoms with E-state index in [0.29, 0.717) is 6.17 Å². The zero-order valence-electron chi connectivity index (χ0n) is 5.78. The number of hydrogen-bond acceptors (Lipinski definition) is 2. The van der Waals surface area contributed by atoms with Crippen molar-refractivity contribution in [1.82, 2.24) is 10.6 Å². The third-order valence-electron chi connectivity index (χ3n) is 1.07. The van der Waals surface area contributed by atoms with E-state index in [-0.39, 0.29) is 0 Å². The second-order valence-electron chi connectivity index (χ2n) is 1.86. The lowest BCUT2D eigenvalue weighted by Gasteiger charge is -2.13. The Bertz CT molecular complexity index is 78.5. The highest BCUT2D eigenvalue weighted by Crippen LogP contribution is 1.84. The SMILES string of the molecule is C=C([SiH3])C(NC)NC. The summed E-state index contributed by atoms with van der Waals surface area (Å²) in [6.07, 6.45) is 0.321. The highest BCUT2D eigenvalue weighted by atomic mass is 28.1. The minimum atomic E-state index is 0.321. The van der Waals surface area contributed by atoms with E-state index in [9.17, 15) is 0 Å². The molecule has 2 nitrogen and oxygen atoms in total. The van der Waals surface area contributed by atoms with Crippen LogP contribution >= 0.6 is 0 Å². The smallest absolute Gasteiger partial charge is 0.0740 e. The molecule has 0 fully saturated rings. The summed E-state index contributed by atoms with van der Waals surface area (Å²) in [6, 6.07) is 0. The van der Waals surface area contributed by atoms with Gasteiger partial charge in [0.2, 0.25) is 0 Å². The van der Waals surface area contributed by atoms with Crippen LogP contribution < -0.4 is 10.6 Å². The van der Waals surface area contributed by atoms with Crippen LogP contribution in [0.25, 0.3) is 0 Å². The molecule has 0 amide bonds. The van der Waals surface area contributed by atoms with Gasteiger partial charge >= 0.3 is 0 Å². The summed E-state index contributed by atoms with van der Waals surface area (Å²) in [7, 11) is 4.89. The molecule has 0 heterocycles. The van der Waals surface area contributed by atoms with E-state index in [1.54, 1.807) is 0 Å². The topological polar surface area (TPSA) is 24.1 Å². The average Bonchev–Trinajstić information content (AvgIpc) is 1.69. The molecule has 8 heavy (non-hydrogen) atoms. The number of rotatable bonds is 3. The minimum absolute atomic E-state index is 0.321. The quantitative estimate of drug-likeness (QED) is 0.364. The fourth-order valence-electron chi connectivity index (χ4n) is 0.637. The molecule has 0 bridgehead atoms. The third kappa shape index (κ3) is 2.25. The molecule has 0 aliphatic carbocycles. The molecule has 0 atom stereocenters. The van der Waals surface area contributed by atoms with E-state index < -0.39 is 0 Å². The lowest BCUT2D eigenvalue weighted by atomic mass is 10.5. The molecule has 0 aliphatic rings. The summed E-state index contributed by atoms with van der Waals surface area (Å²) in [5.74, 6) is 0. The van der Waals surface area contributed by atoms with Gasteiger partial charge in [-0.05, 0) is 14.1 Å². The molecule has 0 aromatic rings. The predicted octanol–water partition coefficient (Wildman–Crippen LogP) is -1.37. The van der Waals surface area contributed by atoms with Gasteiger partial charge < -0.3 is 10.6 Å². The molecule has 0 aromatic carbocycles. The van der Waals surface area contributed by atoms with Crippen LogP contribution in [0, 0.1) is 0 Å². The normalized spacial score (nSPS) is 10.4. The van der Waals surface area contributed by atoms with Crippen LogP contribution in [0.15, 0.2) is 11.8 Å². The Kier molecular flexibility index (Phi) is 3.77. The Balaban J connectivity index is 3.52. The maximum Gasteiger partial charge on any atom is 0.0740 e. The standard InChI is InChI=1S/C5H14N2Si/c1-4(8)5(6-2)7-3/h5-7H,1H2,2-3,8H3. The number of likely N-dealkylation sites (N-methyl/N-ethyl adjacent to an activating group) is 2. The van der Waals surface area contributed by atoms with Crippen LogP contribution in [0.4, 0.5) is 0 Å². The van der Waals surface area contributed by atoms with Gasteiger partial charge in [0.1, 0.15) is 0 Å². The van der Waals surface area contributed by atoms with Crippen LogP contribution in [0.2, 0.25) is 0 Å². The molecule has 2 N–H and O–H groups in total. The first kappa shape index (κ1) is 7.88. The van der Waals surface area contributed by atoms with Gasteiger partial charge in [-0.1, -0.05) is 5.20 Å². The fourth-order valence-corrected chi connectivity index (χ4v) is 1.21. The van der Waals surface area contributed by atoms with Gasteiger partial charge in [0.25, 0.3) is 0 Å². The number of hydrogen-bond donors (Lipinski definition) is 2. The molecule has 0 saturated carbocycles. The van der Waals surface area contributed by atoms with Crippen molar-refractivity contribution in [2.45, 2.75) is 6.17 Å². The summed E-state index contributed by atoms with van der Waals surface area (Å²) in [5, 5.41) is 7.40. The van der Waals surface area contributed by atoms with Gasteiger partial charge in [-0.15, -0.1) is 6.58 Å². The third-order valence-corrected chi connectivity index (χ3v) is 1.65. The van der Waals surface area contributed by atoms with E-state index in [4.69, 9.17) is 0 Å². The van der Waals surface area contributed by atoms with E-state index in [1.807, 2.05) is 14.1 Å². The number of nitrogens with one attached hydrogen (secondary N) is 2. The van der Waals surface area contributed by atoms with Gasteiger partial charge in [0.05, 0.1) is 6.17 Å². The molecule has 3 heteroatoms. The van der Waals surface area contributed by atoms with E-state index in [1.165, 1.54) is 5.20 Å². The van der Waals surface area contributed by atoms with E-state index >= 15 is 0 Å². The molecular weight excluding hydrogens is 116 g/mol. The van der Waals surface area contributed by atoms with Crippen molar-refractivity contribution in [1.29, 1.82) is 0 Å². The van der Waals surface area contributed by atoms with Crippen molar-refractivity contribution in [3.63, 3.8) is 0 Å². The first-order chi connectivity index (χ1) is 3.72. The van der Waals surface area contributed by atoms with Crippen molar-refractivity contribution < 1.29 is 0 Å². The maximum atomic E-state index is 3.83. The second-order valence-corrected chi connectivity index (χ2v) is 3.14. The summed E-state index contributed by atoms with van der Waals surface area (Å²) < 4.78 is 0. The zero-order valence-corrected chi connectivity index (χ0v) is 7.78. The lowest BCUT2D eigenvalue weighted by Crippen LogP contribution is -2.39. The molecule has 0 radical (unpaired) electrons. The Morgan fingerprint density at radius 3 is 1.88 bits per heavy atom. The largest absolute Gasteiger partial charge is 0.302 e. The van der Waals surface area contributed by atoms with Gasteiger partial charge in [-0.25, -0.2) is 0 Å². The van der Waals surface area contributed by atoms with Gasteiger partial charge in [0.15, 0.2) is 0 Å². The van der Waals surface area contributed by atoms with Crippen molar-refractivity contribution in [3.8, 4) is 0 Å². The maximum absolute atomic E-state index is 3.83. The second kappa shape index (κ2) is 3.83. The predicted molar refractivity (Wildman–Crippen MR) is 41.0 cm³/mol. The molecule has 0 spiro atoms. The Morgan fingerprint density at radius 2 is 1.88 bits per heavy atom. The minimum Gasteiger partial charge on any atom is -0.302 e. The molecule has 0 unspecified atom stereocenters.